The van der Waals surface area contributed by atoms with Gasteiger partial charge in [0.25, 0.3) is 0 Å². The van der Waals surface area contributed by atoms with Crippen LogP contribution in [0.5, 0.6) is 11.5 Å². The number of rotatable bonds is 5. The lowest BCUT2D eigenvalue weighted by Gasteiger charge is -2.29. The summed E-state index contributed by atoms with van der Waals surface area (Å²) in [5.74, 6) is 1.59. The Labute approximate surface area is 119 Å². The molecule has 2 rings (SSSR count). The van der Waals surface area contributed by atoms with E-state index in [-0.39, 0.29) is 0 Å². The molecule has 106 valence electrons. The molecule has 0 spiro atoms. The summed E-state index contributed by atoms with van der Waals surface area (Å²) in [4.78, 5) is 0. The predicted molar refractivity (Wildman–Crippen MR) is 80.0 cm³/mol. The average Bonchev–Trinajstić information content (AvgIpc) is 2.54. The van der Waals surface area contributed by atoms with Gasteiger partial charge in [-0.1, -0.05) is 24.3 Å². The van der Waals surface area contributed by atoms with Gasteiger partial charge in [-0.05, 0) is 35.4 Å². The first-order chi connectivity index (χ1) is 9.63. The smallest absolute Gasteiger partial charge is 0.118 e. The zero-order valence-electron chi connectivity index (χ0n) is 11.8. The molecule has 2 aromatic rings. The van der Waals surface area contributed by atoms with Crippen LogP contribution in [0.3, 0.4) is 0 Å². The largest absolute Gasteiger partial charge is 0.497 e. The standard InChI is InChI=1S/C16H20N2O2/c1-19-14-7-3-12(4-8-14)16(18,11-17)13-5-9-15(20-2)10-6-13/h3-10H,11,17-18H2,1-2H3. The molecule has 0 aliphatic carbocycles. The maximum atomic E-state index is 6.52. The highest BCUT2D eigenvalue weighted by atomic mass is 16.5. The number of ether oxygens (including phenoxy) is 2. The van der Waals surface area contributed by atoms with Gasteiger partial charge in [-0.2, -0.15) is 0 Å². The van der Waals surface area contributed by atoms with E-state index in [0.29, 0.717) is 6.54 Å². The van der Waals surface area contributed by atoms with E-state index in [1.165, 1.54) is 0 Å². The Morgan fingerprint density at radius 2 is 1.15 bits per heavy atom. The molecular formula is C16H20N2O2. The third-order valence-corrected chi connectivity index (χ3v) is 3.53. The monoisotopic (exact) mass is 272 g/mol. The van der Waals surface area contributed by atoms with E-state index >= 15 is 0 Å². The molecule has 4 heteroatoms. The molecule has 0 saturated carbocycles. The van der Waals surface area contributed by atoms with E-state index in [2.05, 4.69) is 0 Å². The summed E-state index contributed by atoms with van der Waals surface area (Å²) in [6.45, 7) is 0.311. The topological polar surface area (TPSA) is 70.5 Å². The van der Waals surface area contributed by atoms with Gasteiger partial charge >= 0.3 is 0 Å². The third kappa shape index (κ3) is 2.61. The SMILES string of the molecule is COc1ccc(C(N)(CN)c2ccc(OC)cc2)cc1. The lowest BCUT2D eigenvalue weighted by molar-refractivity contribution is 0.413. The van der Waals surface area contributed by atoms with Gasteiger partial charge < -0.3 is 20.9 Å². The van der Waals surface area contributed by atoms with Crippen LogP contribution in [0.2, 0.25) is 0 Å². The third-order valence-electron chi connectivity index (χ3n) is 3.53. The minimum absolute atomic E-state index is 0.311. The molecule has 0 unspecified atom stereocenters. The van der Waals surface area contributed by atoms with Crippen LogP contribution in [0.1, 0.15) is 11.1 Å². The zero-order chi connectivity index (χ0) is 14.6. The molecule has 20 heavy (non-hydrogen) atoms. The first-order valence-electron chi connectivity index (χ1n) is 6.42. The minimum atomic E-state index is -0.724. The number of methoxy groups -OCH3 is 2. The summed E-state index contributed by atoms with van der Waals surface area (Å²) in [5, 5.41) is 0. The van der Waals surface area contributed by atoms with Crippen LogP contribution in [-0.2, 0) is 5.54 Å². The second-order valence-corrected chi connectivity index (χ2v) is 4.63. The summed E-state index contributed by atoms with van der Waals surface area (Å²) in [5.41, 5.74) is 13.6. The normalized spacial score (nSPS) is 11.2. The van der Waals surface area contributed by atoms with Crippen molar-refractivity contribution in [2.45, 2.75) is 5.54 Å². The number of hydrogen-bond donors (Lipinski definition) is 2. The Hall–Kier alpha value is -2.04. The van der Waals surface area contributed by atoms with Gasteiger partial charge in [-0.15, -0.1) is 0 Å². The first kappa shape index (κ1) is 14.4. The summed E-state index contributed by atoms with van der Waals surface area (Å²) in [7, 11) is 3.27. The molecule has 2 aromatic carbocycles. The van der Waals surface area contributed by atoms with Crippen LogP contribution in [0.25, 0.3) is 0 Å². The van der Waals surface area contributed by atoms with Crippen molar-refractivity contribution in [1.29, 1.82) is 0 Å². The Kier molecular flexibility index (Phi) is 4.27. The maximum absolute atomic E-state index is 6.52. The fourth-order valence-corrected chi connectivity index (χ4v) is 2.18. The highest BCUT2D eigenvalue weighted by Crippen LogP contribution is 2.28. The van der Waals surface area contributed by atoms with E-state index in [1.54, 1.807) is 14.2 Å². The molecule has 0 fully saturated rings. The second-order valence-electron chi connectivity index (χ2n) is 4.63. The van der Waals surface area contributed by atoms with Gasteiger partial charge in [0, 0.05) is 6.54 Å². The van der Waals surface area contributed by atoms with Gasteiger partial charge in [-0.25, -0.2) is 0 Å². The lowest BCUT2D eigenvalue weighted by Crippen LogP contribution is -2.45. The van der Waals surface area contributed by atoms with Gasteiger partial charge in [0.15, 0.2) is 0 Å². The van der Waals surface area contributed by atoms with Crippen LogP contribution in [0, 0.1) is 0 Å². The molecule has 0 radical (unpaired) electrons. The summed E-state index contributed by atoms with van der Waals surface area (Å²) in [6, 6.07) is 15.3. The number of nitrogens with two attached hydrogens (primary N) is 2. The minimum Gasteiger partial charge on any atom is -0.497 e. The number of benzene rings is 2. The van der Waals surface area contributed by atoms with Crippen molar-refractivity contribution in [3.63, 3.8) is 0 Å². The second kappa shape index (κ2) is 5.94. The van der Waals surface area contributed by atoms with Crippen LogP contribution < -0.4 is 20.9 Å². The highest BCUT2D eigenvalue weighted by Gasteiger charge is 2.28. The lowest BCUT2D eigenvalue weighted by atomic mass is 9.84. The van der Waals surface area contributed by atoms with E-state index in [1.807, 2.05) is 48.5 Å². The average molecular weight is 272 g/mol. The van der Waals surface area contributed by atoms with Gasteiger partial charge in [0.1, 0.15) is 11.5 Å². The van der Waals surface area contributed by atoms with Crippen LogP contribution >= 0.6 is 0 Å². The molecule has 0 heterocycles. The fourth-order valence-electron chi connectivity index (χ4n) is 2.18. The van der Waals surface area contributed by atoms with Crippen LogP contribution in [-0.4, -0.2) is 20.8 Å². The fraction of sp³-hybridized carbons (Fsp3) is 0.250. The summed E-state index contributed by atoms with van der Waals surface area (Å²) < 4.78 is 10.3. The molecule has 0 saturated heterocycles. The van der Waals surface area contributed by atoms with Crippen molar-refractivity contribution in [1.82, 2.24) is 0 Å². The van der Waals surface area contributed by atoms with E-state index < -0.39 is 5.54 Å². The summed E-state index contributed by atoms with van der Waals surface area (Å²) >= 11 is 0. The Morgan fingerprint density at radius 1 is 0.800 bits per heavy atom. The Balaban J connectivity index is 2.39. The Morgan fingerprint density at radius 3 is 1.40 bits per heavy atom. The molecule has 0 aromatic heterocycles. The van der Waals surface area contributed by atoms with Gasteiger partial charge in [0.05, 0.1) is 19.8 Å². The quantitative estimate of drug-likeness (QED) is 0.871. The molecule has 4 nitrogen and oxygen atoms in total. The van der Waals surface area contributed by atoms with E-state index in [4.69, 9.17) is 20.9 Å². The number of hydrogen-bond acceptors (Lipinski definition) is 4. The molecule has 0 bridgehead atoms. The first-order valence-corrected chi connectivity index (χ1v) is 6.42. The van der Waals surface area contributed by atoms with Crippen LogP contribution in [0.4, 0.5) is 0 Å². The van der Waals surface area contributed by atoms with Crippen molar-refractivity contribution in [3.05, 3.63) is 59.7 Å². The van der Waals surface area contributed by atoms with Crippen molar-refractivity contribution in [2.75, 3.05) is 20.8 Å². The van der Waals surface area contributed by atoms with Gasteiger partial charge in [0.2, 0.25) is 0 Å². The molecule has 0 aliphatic heterocycles. The predicted octanol–water partition coefficient (Wildman–Crippen LogP) is 1.86. The molecule has 0 aliphatic rings. The molecule has 0 amide bonds. The van der Waals surface area contributed by atoms with E-state index in [0.717, 1.165) is 22.6 Å². The molecule has 4 N–H and O–H groups in total. The zero-order valence-corrected chi connectivity index (χ0v) is 11.8. The highest BCUT2D eigenvalue weighted by molar-refractivity contribution is 5.42. The molecule has 0 atom stereocenters. The Bertz CT molecular complexity index is 502. The maximum Gasteiger partial charge on any atom is 0.118 e. The summed E-state index contributed by atoms with van der Waals surface area (Å²) in [6.07, 6.45) is 0. The van der Waals surface area contributed by atoms with Crippen molar-refractivity contribution in [3.8, 4) is 11.5 Å². The van der Waals surface area contributed by atoms with Crippen molar-refractivity contribution >= 4 is 0 Å². The van der Waals surface area contributed by atoms with Crippen molar-refractivity contribution in [2.24, 2.45) is 11.5 Å². The van der Waals surface area contributed by atoms with Crippen LogP contribution in [0.15, 0.2) is 48.5 Å². The van der Waals surface area contributed by atoms with Gasteiger partial charge in [-0.3, -0.25) is 0 Å². The van der Waals surface area contributed by atoms with Crippen molar-refractivity contribution < 1.29 is 9.47 Å². The van der Waals surface area contributed by atoms with E-state index in [9.17, 15) is 0 Å². The molecular weight excluding hydrogens is 252 g/mol.